The van der Waals surface area contributed by atoms with Crippen LogP contribution in [0.1, 0.15) is 6.42 Å². The largest absolute Gasteiger partial charge is 4.00 e. The molecule has 0 bridgehead atoms. The number of rotatable bonds is 1. The summed E-state index contributed by atoms with van der Waals surface area (Å²) < 4.78 is 0. The third kappa shape index (κ3) is 7.76. The molecule has 0 heterocycles. The molecule has 0 saturated heterocycles. The molecular weight excluding hydrogens is 249 g/mol. The average molecular weight is 259 g/mol. The van der Waals surface area contributed by atoms with Crippen LogP contribution in [0.5, 0.6) is 0 Å². The Kier molecular flexibility index (Phi) is 23.4. The maximum absolute atomic E-state index is 3.26. The first kappa shape index (κ1) is 23.2. The van der Waals surface area contributed by atoms with E-state index in [0.29, 0.717) is 6.71 Å². The molecule has 12 heavy (non-hydrogen) atoms. The van der Waals surface area contributed by atoms with Crippen LogP contribution in [0.15, 0.2) is 17.6 Å². The van der Waals surface area contributed by atoms with Crippen molar-refractivity contribution in [3.63, 3.8) is 0 Å². The van der Waals surface area contributed by atoms with Gasteiger partial charge in [0.2, 0.25) is 0 Å². The van der Waals surface area contributed by atoms with Gasteiger partial charge in [-0.2, -0.15) is 6.08 Å². The Balaban J connectivity index is -0.0000000800. The Bertz CT molecular complexity index is 146. The zero-order valence-corrected chi connectivity index (χ0v) is 10.9. The van der Waals surface area contributed by atoms with Gasteiger partial charge in [0.05, 0.1) is 0 Å². The van der Waals surface area contributed by atoms with E-state index in [4.69, 9.17) is 0 Å². The minimum absolute atomic E-state index is 0. The molecule has 0 saturated carbocycles. The quantitative estimate of drug-likeness (QED) is 0.324. The van der Waals surface area contributed by atoms with Gasteiger partial charge in [0.25, 0.3) is 0 Å². The summed E-state index contributed by atoms with van der Waals surface area (Å²) in [6.45, 7) is 5.05. The van der Waals surface area contributed by atoms with E-state index < -0.39 is 0 Å². The van der Waals surface area contributed by atoms with Crippen molar-refractivity contribution in [3.8, 4) is 0 Å². The normalized spacial score (nSPS) is 11.0. The van der Waals surface area contributed by atoms with Crippen molar-refractivity contribution in [2.75, 3.05) is 0 Å². The molecule has 66 valence electrons. The topological polar surface area (TPSA) is 0 Å². The minimum atomic E-state index is 0. The fourth-order valence-corrected chi connectivity index (χ4v) is 0.818. The van der Waals surface area contributed by atoms with Gasteiger partial charge in [-0.25, -0.2) is 6.08 Å². The second-order valence-corrected chi connectivity index (χ2v) is 2.39. The van der Waals surface area contributed by atoms with Gasteiger partial charge in [-0.1, -0.05) is 13.6 Å². The van der Waals surface area contributed by atoms with Crippen LogP contribution in [0.4, 0.5) is 0 Å². The monoisotopic (exact) mass is 258 g/mol. The molecule has 0 fully saturated rings. The summed E-state index contributed by atoms with van der Waals surface area (Å²) in [5, 5.41) is 0. The van der Waals surface area contributed by atoms with Crippen LogP contribution in [0.25, 0.3) is 0 Å². The van der Waals surface area contributed by atoms with Crippen LogP contribution < -0.4 is 37.2 Å². The molecule has 0 N–H and O–H groups in total. The van der Waals surface area contributed by atoms with Crippen molar-refractivity contribution in [1.29, 1.82) is 0 Å². The average Bonchev–Trinajstić information content (AvgIpc) is 2.12. The molecule has 1 aliphatic carbocycles. The van der Waals surface area contributed by atoms with Crippen LogP contribution in [0.3, 0.4) is 0 Å². The van der Waals surface area contributed by atoms with Crippen molar-refractivity contribution < 1.29 is 58.9 Å². The van der Waals surface area contributed by atoms with E-state index in [1.165, 1.54) is 5.47 Å². The zero-order valence-electron chi connectivity index (χ0n) is 7.07. The van der Waals surface area contributed by atoms with Crippen molar-refractivity contribution in [2.24, 2.45) is 0 Å². The summed E-state index contributed by atoms with van der Waals surface area (Å²) in [5.41, 5.74) is 1.37. The number of hydrogen-bond acceptors (Lipinski definition) is 0. The fourth-order valence-electron chi connectivity index (χ4n) is 0.818. The Morgan fingerprint density at radius 3 is 1.92 bits per heavy atom. The summed E-state index contributed by atoms with van der Waals surface area (Å²) in [6.07, 6.45) is 8.59. The smallest absolute Gasteiger partial charge is 1.00 e. The van der Waals surface area contributed by atoms with Crippen molar-refractivity contribution >= 4 is 6.71 Å². The molecule has 0 unspecified atom stereocenters. The number of allylic oxidation sites excluding steroid dienone is 4. The summed E-state index contributed by atoms with van der Waals surface area (Å²) in [5.74, 6) is 0. The van der Waals surface area contributed by atoms with Crippen LogP contribution >= 0.6 is 0 Å². The molecule has 0 aromatic heterocycles. The first-order valence-corrected chi connectivity index (χ1v) is 3.08. The van der Waals surface area contributed by atoms with E-state index >= 15 is 0 Å². The molecule has 0 nitrogen and oxygen atoms in total. The minimum Gasteiger partial charge on any atom is -1.00 e. The van der Waals surface area contributed by atoms with Gasteiger partial charge in [0.1, 0.15) is 6.71 Å². The molecule has 0 atom stereocenters. The molecule has 1 aliphatic rings. The van der Waals surface area contributed by atoms with E-state index in [1.807, 2.05) is 0 Å². The van der Waals surface area contributed by atoms with E-state index in [0.717, 1.165) is 6.42 Å². The standard InChI is InChI=1S/C7H10B.3ClH.Ti/c1-8(2)7-5-3-4-6-7;;;;/h3,5H,4H2,1-2H3;3*1H;/q-1;;;;+4/p-3. The van der Waals surface area contributed by atoms with E-state index in [2.05, 4.69) is 31.9 Å². The predicted molar refractivity (Wildman–Crippen MR) is 38.0 cm³/mol. The zero-order chi connectivity index (χ0) is 5.98. The number of halogens is 3. The van der Waals surface area contributed by atoms with E-state index in [1.54, 1.807) is 0 Å². The van der Waals surface area contributed by atoms with Gasteiger partial charge in [-0.05, 0) is 0 Å². The number of hydrogen-bond donors (Lipinski definition) is 0. The molecule has 0 aromatic rings. The molecule has 1 rings (SSSR count). The third-order valence-electron chi connectivity index (χ3n) is 1.34. The molecule has 0 aromatic carbocycles. The van der Waals surface area contributed by atoms with Crippen LogP contribution in [0.2, 0.25) is 13.6 Å². The second-order valence-electron chi connectivity index (χ2n) is 2.39. The second kappa shape index (κ2) is 12.1. The summed E-state index contributed by atoms with van der Waals surface area (Å²) in [6, 6.07) is 0. The van der Waals surface area contributed by atoms with Crippen LogP contribution in [-0.2, 0) is 21.7 Å². The third-order valence-corrected chi connectivity index (χ3v) is 1.34. The van der Waals surface area contributed by atoms with Crippen LogP contribution in [-0.4, -0.2) is 6.71 Å². The van der Waals surface area contributed by atoms with Crippen LogP contribution in [0, 0.1) is 6.08 Å². The van der Waals surface area contributed by atoms with Crippen molar-refractivity contribution in [2.45, 2.75) is 20.1 Å². The fraction of sp³-hybridized carbons (Fsp3) is 0.429. The Hall–Kier alpha value is 1.13. The molecule has 0 spiro atoms. The predicted octanol–water partition coefficient (Wildman–Crippen LogP) is -7.02. The Labute approximate surface area is 109 Å². The Morgan fingerprint density at radius 1 is 1.25 bits per heavy atom. The van der Waals surface area contributed by atoms with Crippen molar-refractivity contribution in [1.82, 2.24) is 0 Å². The maximum atomic E-state index is 3.26. The summed E-state index contributed by atoms with van der Waals surface area (Å²) >= 11 is 0. The van der Waals surface area contributed by atoms with Crippen molar-refractivity contribution in [3.05, 3.63) is 23.7 Å². The summed E-state index contributed by atoms with van der Waals surface area (Å²) in [7, 11) is 0. The summed E-state index contributed by atoms with van der Waals surface area (Å²) in [4.78, 5) is 0. The van der Waals surface area contributed by atoms with Gasteiger partial charge in [0.15, 0.2) is 0 Å². The molecule has 0 radical (unpaired) electrons. The first-order chi connectivity index (χ1) is 3.80. The van der Waals surface area contributed by atoms with Gasteiger partial charge >= 0.3 is 21.7 Å². The molecule has 0 aliphatic heterocycles. The molecule has 5 heteroatoms. The van der Waals surface area contributed by atoms with E-state index in [-0.39, 0.29) is 58.9 Å². The maximum Gasteiger partial charge on any atom is 4.00 e. The van der Waals surface area contributed by atoms with Gasteiger partial charge in [0, 0.05) is 0 Å². The first-order valence-electron chi connectivity index (χ1n) is 3.08. The van der Waals surface area contributed by atoms with Gasteiger partial charge in [-0.15, -0.1) is 6.42 Å². The van der Waals surface area contributed by atoms with Gasteiger partial charge in [-0.3, -0.25) is 11.5 Å². The molecule has 0 amide bonds. The molecular formula is C7H10BCl3Ti. The SMILES string of the molecule is CB(C)C1=[C-]CC=C1.[Cl-].[Cl-].[Cl-].[Ti+4]. The van der Waals surface area contributed by atoms with E-state index in [9.17, 15) is 0 Å². The van der Waals surface area contributed by atoms with Gasteiger partial charge < -0.3 is 37.2 Å². The Morgan fingerprint density at radius 2 is 1.75 bits per heavy atom.